The molecule has 1 atom stereocenters. The maximum absolute atomic E-state index is 12.6. The summed E-state index contributed by atoms with van der Waals surface area (Å²) in [7, 11) is 0. The molecule has 3 heterocycles. The Morgan fingerprint density at radius 1 is 1.13 bits per heavy atom. The third kappa shape index (κ3) is 3.41. The molecule has 0 aliphatic carbocycles. The molecule has 0 N–H and O–H groups in total. The zero-order valence-electron chi connectivity index (χ0n) is 14.0. The second kappa shape index (κ2) is 6.72. The molecule has 0 aromatic carbocycles. The quantitative estimate of drug-likeness (QED) is 0.850. The van der Waals surface area contributed by atoms with Crippen molar-refractivity contribution in [3.63, 3.8) is 0 Å². The summed E-state index contributed by atoms with van der Waals surface area (Å²) >= 11 is 0. The molecule has 0 unspecified atom stereocenters. The van der Waals surface area contributed by atoms with E-state index in [0.29, 0.717) is 25.3 Å². The van der Waals surface area contributed by atoms with Gasteiger partial charge in [0.2, 0.25) is 11.8 Å². The highest BCUT2D eigenvalue weighted by molar-refractivity contribution is 5.83. The van der Waals surface area contributed by atoms with Crippen LogP contribution in [0.3, 0.4) is 0 Å². The molecule has 2 aliphatic heterocycles. The monoisotopic (exact) mass is 319 g/mol. The highest BCUT2D eigenvalue weighted by Crippen LogP contribution is 2.23. The normalized spacial score (nSPS) is 21.7. The van der Waals surface area contributed by atoms with E-state index >= 15 is 0 Å². The van der Waals surface area contributed by atoms with E-state index in [-0.39, 0.29) is 17.7 Å². The third-order valence-corrected chi connectivity index (χ3v) is 5.07. The minimum Gasteiger partial charge on any atom is -0.361 e. The number of rotatable bonds is 3. The molecule has 6 heteroatoms. The Morgan fingerprint density at radius 3 is 2.52 bits per heavy atom. The predicted molar refractivity (Wildman–Crippen MR) is 84.8 cm³/mol. The first-order valence-electron chi connectivity index (χ1n) is 8.54. The summed E-state index contributed by atoms with van der Waals surface area (Å²) in [5.41, 5.74) is 1.65. The number of aryl methyl sites for hydroxylation is 2. The maximum atomic E-state index is 12.6. The number of hydrogen-bond donors (Lipinski definition) is 0. The van der Waals surface area contributed by atoms with Crippen molar-refractivity contribution in [1.82, 2.24) is 15.0 Å². The fourth-order valence-electron chi connectivity index (χ4n) is 3.58. The molecule has 2 fully saturated rings. The van der Waals surface area contributed by atoms with Crippen molar-refractivity contribution in [1.29, 1.82) is 0 Å². The van der Waals surface area contributed by atoms with Crippen LogP contribution in [0.1, 0.15) is 42.7 Å². The van der Waals surface area contributed by atoms with E-state index in [9.17, 15) is 9.59 Å². The van der Waals surface area contributed by atoms with Crippen LogP contribution in [0.15, 0.2) is 4.52 Å². The fourth-order valence-corrected chi connectivity index (χ4v) is 3.58. The van der Waals surface area contributed by atoms with Crippen LogP contribution in [0, 0.1) is 19.8 Å². The second-order valence-corrected chi connectivity index (χ2v) is 6.69. The van der Waals surface area contributed by atoms with Crippen LogP contribution in [0.5, 0.6) is 0 Å². The topological polar surface area (TPSA) is 66.7 Å². The molecule has 3 rings (SSSR count). The van der Waals surface area contributed by atoms with Gasteiger partial charge in [0.15, 0.2) is 0 Å². The van der Waals surface area contributed by atoms with Crippen molar-refractivity contribution in [2.75, 3.05) is 26.2 Å². The van der Waals surface area contributed by atoms with Crippen molar-refractivity contribution in [2.24, 2.45) is 5.92 Å². The molecular formula is C17H25N3O3. The maximum Gasteiger partial charge on any atom is 0.227 e. The first kappa shape index (κ1) is 16.0. The van der Waals surface area contributed by atoms with Gasteiger partial charge < -0.3 is 14.3 Å². The van der Waals surface area contributed by atoms with Crippen LogP contribution in [0.2, 0.25) is 0 Å². The van der Waals surface area contributed by atoms with Gasteiger partial charge >= 0.3 is 0 Å². The molecule has 1 aromatic heterocycles. The number of piperidine rings is 1. The van der Waals surface area contributed by atoms with Crippen molar-refractivity contribution < 1.29 is 14.1 Å². The van der Waals surface area contributed by atoms with Gasteiger partial charge in [-0.3, -0.25) is 9.59 Å². The molecule has 0 bridgehead atoms. The molecule has 2 saturated heterocycles. The van der Waals surface area contributed by atoms with Gasteiger partial charge in [0, 0.05) is 31.7 Å². The molecule has 23 heavy (non-hydrogen) atoms. The minimum absolute atomic E-state index is 0.0262. The van der Waals surface area contributed by atoms with E-state index in [2.05, 4.69) is 5.16 Å². The van der Waals surface area contributed by atoms with Gasteiger partial charge in [-0.05, 0) is 39.5 Å². The number of amides is 2. The van der Waals surface area contributed by atoms with Crippen molar-refractivity contribution in [3.8, 4) is 0 Å². The van der Waals surface area contributed by atoms with Crippen LogP contribution < -0.4 is 0 Å². The van der Waals surface area contributed by atoms with E-state index in [0.717, 1.165) is 43.6 Å². The van der Waals surface area contributed by atoms with Gasteiger partial charge in [0.05, 0.1) is 18.0 Å². The summed E-state index contributed by atoms with van der Waals surface area (Å²) < 4.78 is 5.12. The molecule has 1 aromatic rings. The lowest BCUT2D eigenvalue weighted by molar-refractivity contribution is -0.136. The van der Waals surface area contributed by atoms with Gasteiger partial charge in [-0.1, -0.05) is 5.16 Å². The molecule has 0 saturated carbocycles. The number of carbonyl (C=O) groups is 2. The van der Waals surface area contributed by atoms with Crippen LogP contribution in [-0.4, -0.2) is 52.9 Å². The average Bonchev–Trinajstić information content (AvgIpc) is 3.17. The summed E-state index contributed by atoms with van der Waals surface area (Å²) in [6.07, 6.45) is 4.52. The van der Waals surface area contributed by atoms with E-state index < -0.39 is 0 Å². The average molecular weight is 319 g/mol. The molecule has 126 valence electrons. The Labute approximate surface area is 136 Å². The minimum atomic E-state index is -0.0262. The summed E-state index contributed by atoms with van der Waals surface area (Å²) in [5, 5.41) is 3.89. The third-order valence-electron chi connectivity index (χ3n) is 5.07. The van der Waals surface area contributed by atoms with Gasteiger partial charge in [0.1, 0.15) is 5.76 Å². The van der Waals surface area contributed by atoms with Gasteiger partial charge in [-0.25, -0.2) is 0 Å². The SMILES string of the molecule is Cc1noc(C)c1CC(=O)N1CC[C@H](C(=O)N2CCCCC2)C1. The van der Waals surface area contributed by atoms with Crippen molar-refractivity contribution in [2.45, 2.75) is 46.0 Å². The smallest absolute Gasteiger partial charge is 0.227 e. The molecular weight excluding hydrogens is 294 g/mol. The van der Waals surface area contributed by atoms with Crippen LogP contribution in [0.25, 0.3) is 0 Å². The van der Waals surface area contributed by atoms with Crippen molar-refractivity contribution in [3.05, 3.63) is 17.0 Å². The predicted octanol–water partition coefficient (Wildman–Crippen LogP) is 1.69. The summed E-state index contributed by atoms with van der Waals surface area (Å²) in [6, 6.07) is 0. The summed E-state index contributed by atoms with van der Waals surface area (Å²) in [6.45, 7) is 6.66. The molecule has 0 spiro atoms. The Morgan fingerprint density at radius 2 is 1.87 bits per heavy atom. The summed E-state index contributed by atoms with van der Waals surface area (Å²) in [5.74, 6) is 0.975. The lowest BCUT2D eigenvalue weighted by Crippen LogP contribution is -2.41. The van der Waals surface area contributed by atoms with E-state index in [1.54, 1.807) is 0 Å². The number of carbonyl (C=O) groups excluding carboxylic acids is 2. The fraction of sp³-hybridized carbons (Fsp3) is 0.706. The van der Waals surface area contributed by atoms with Gasteiger partial charge in [0.25, 0.3) is 0 Å². The molecule has 6 nitrogen and oxygen atoms in total. The molecule has 2 aliphatic rings. The number of hydrogen-bond acceptors (Lipinski definition) is 4. The first-order chi connectivity index (χ1) is 11.1. The zero-order chi connectivity index (χ0) is 16.4. The summed E-state index contributed by atoms with van der Waals surface area (Å²) in [4.78, 5) is 28.9. The standard InChI is InChI=1S/C17H25N3O3/c1-12-15(13(2)23-18-12)10-16(21)20-9-6-14(11-20)17(22)19-7-4-3-5-8-19/h14H,3-11H2,1-2H3/t14-/m0/s1. The largest absolute Gasteiger partial charge is 0.361 e. The lowest BCUT2D eigenvalue weighted by Gasteiger charge is -2.29. The second-order valence-electron chi connectivity index (χ2n) is 6.69. The Balaban J connectivity index is 1.56. The van der Waals surface area contributed by atoms with E-state index in [1.807, 2.05) is 23.6 Å². The van der Waals surface area contributed by atoms with Crippen LogP contribution in [-0.2, 0) is 16.0 Å². The Bertz CT molecular complexity index is 570. The number of aromatic nitrogens is 1. The number of nitrogens with zero attached hydrogens (tertiary/aromatic N) is 3. The highest BCUT2D eigenvalue weighted by atomic mass is 16.5. The van der Waals surface area contributed by atoms with E-state index in [1.165, 1.54) is 6.42 Å². The lowest BCUT2D eigenvalue weighted by atomic mass is 10.0. The first-order valence-corrected chi connectivity index (χ1v) is 8.54. The van der Waals surface area contributed by atoms with Crippen LogP contribution >= 0.6 is 0 Å². The number of likely N-dealkylation sites (tertiary alicyclic amines) is 2. The Kier molecular flexibility index (Phi) is 4.68. The van der Waals surface area contributed by atoms with Crippen molar-refractivity contribution >= 4 is 11.8 Å². The molecule has 0 radical (unpaired) electrons. The van der Waals surface area contributed by atoms with Gasteiger partial charge in [-0.2, -0.15) is 0 Å². The van der Waals surface area contributed by atoms with Gasteiger partial charge in [-0.15, -0.1) is 0 Å². The van der Waals surface area contributed by atoms with E-state index in [4.69, 9.17) is 4.52 Å². The highest BCUT2D eigenvalue weighted by Gasteiger charge is 2.34. The Hall–Kier alpha value is -1.85. The zero-order valence-corrected chi connectivity index (χ0v) is 14.0. The van der Waals surface area contributed by atoms with Crippen LogP contribution in [0.4, 0.5) is 0 Å². The molecule has 2 amide bonds.